The van der Waals surface area contributed by atoms with Crippen LogP contribution in [0.3, 0.4) is 0 Å². The van der Waals surface area contributed by atoms with E-state index in [1.807, 2.05) is 54.3 Å². The van der Waals surface area contributed by atoms with Gasteiger partial charge in [0.2, 0.25) is 5.13 Å². The van der Waals surface area contributed by atoms with Crippen molar-refractivity contribution in [1.82, 2.24) is 4.98 Å². The van der Waals surface area contributed by atoms with Crippen molar-refractivity contribution in [2.45, 2.75) is 6.92 Å². The molecule has 1 N–H and O–H groups in total. The van der Waals surface area contributed by atoms with E-state index in [4.69, 9.17) is 4.55 Å². The van der Waals surface area contributed by atoms with Crippen molar-refractivity contribution in [2.24, 2.45) is 10.2 Å². The first kappa shape index (κ1) is 19.4. The van der Waals surface area contributed by atoms with E-state index in [0.717, 1.165) is 27.2 Å². The summed E-state index contributed by atoms with van der Waals surface area (Å²) in [5.41, 5.74) is 3.41. The summed E-state index contributed by atoms with van der Waals surface area (Å²) < 4.78 is 35.1. The van der Waals surface area contributed by atoms with Gasteiger partial charge in [0.25, 0.3) is 0 Å². The third-order valence-corrected chi connectivity index (χ3v) is 5.19. The minimum absolute atomic E-state index is 0.145. The van der Waals surface area contributed by atoms with E-state index in [9.17, 15) is 8.42 Å². The van der Waals surface area contributed by atoms with Crippen LogP contribution in [0.25, 0.3) is 10.2 Å². The van der Waals surface area contributed by atoms with E-state index in [1.54, 1.807) is 7.05 Å². The minimum Gasteiger partial charge on any atom is -0.372 e. The topological polar surface area (TPSA) is 104 Å². The summed E-state index contributed by atoms with van der Waals surface area (Å²) in [6.45, 7) is 2.07. The first-order valence-corrected chi connectivity index (χ1v) is 10.2. The maximum absolute atomic E-state index is 10.6. The Labute approximate surface area is 161 Å². The molecule has 0 aliphatic carbocycles. The fourth-order valence-corrected chi connectivity index (χ4v) is 3.47. The molecule has 27 heavy (non-hydrogen) atoms. The number of thiazole rings is 1. The molecule has 0 fully saturated rings. The van der Waals surface area contributed by atoms with Crippen LogP contribution in [0.4, 0.5) is 16.5 Å². The molecule has 0 saturated carbocycles. The second kappa shape index (κ2) is 8.09. The SMILES string of the molecule is Cc1cc(N(C)CCOS(=O)(=O)O)ccc1/N=N/c1nc2ccccc2s1. The van der Waals surface area contributed by atoms with Crippen molar-refractivity contribution in [3.63, 3.8) is 0 Å². The quantitative estimate of drug-likeness (QED) is 0.464. The second-order valence-electron chi connectivity index (χ2n) is 5.81. The van der Waals surface area contributed by atoms with Crippen molar-refractivity contribution in [1.29, 1.82) is 0 Å². The molecule has 0 unspecified atom stereocenters. The van der Waals surface area contributed by atoms with Crippen LogP contribution in [-0.2, 0) is 14.6 Å². The smallest absolute Gasteiger partial charge is 0.372 e. The molecule has 3 rings (SSSR count). The maximum Gasteiger partial charge on any atom is 0.397 e. The number of fused-ring (bicyclic) bond motifs is 1. The molecular formula is C17H18N4O4S2. The van der Waals surface area contributed by atoms with Gasteiger partial charge in [-0.15, -0.1) is 10.2 Å². The number of hydrogen-bond donors (Lipinski definition) is 1. The Morgan fingerprint density at radius 2 is 2.00 bits per heavy atom. The number of para-hydroxylation sites is 1. The highest BCUT2D eigenvalue weighted by molar-refractivity contribution is 7.80. The summed E-state index contributed by atoms with van der Waals surface area (Å²) in [6, 6.07) is 13.4. The Bertz CT molecular complexity index is 1050. The Hall–Kier alpha value is -2.40. The summed E-state index contributed by atoms with van der Waals surface area (Å²) >= 11 is 1.48. The molecule has 8 nitrogen and oxygen atoms in total. The summed E-state index contributed by atoms with van der Waals surface area (Å²) in [7, 11) is -2.62. The van der Waals surface area contributed by atoms with Crippen LogP contribution in [0.1, 0.15) is 5.56 Å². The molecule has 142 valence electrons. The summed E-state index contributed by atoms with van der Waals surface area (Å²) in [5.74, 6) is 0. The van der Waals surface area contributed by atoms with E-state index in [0.29, 0.717) is 11.7 Å². The zero-order valence-electron chi connectivity index (χ0n) is 14.7. The van der Waals surface area contributed by atoms with E-state index in [1.165, 1.54) is 11.3 Å². The van der Waals surface area contributed by atoms with Gasteiger partial charge in [0.1, 0.15) is 0 Å². The van der Waals surface area contributed by atoms with Gasteiger partial charge in [0, 0.05) is 19.3 Å². The highest BCUT2D eigenvalue weighted by atomic mass is 32.3. The molecule has 0 bridgehead atoms. The van der Waals surface area contributed by atoms with Crippen molar-refractivity contribution in [3.05, 3.63) is 48.0 Å². The highest BCUT2D eigenvalue weighted by Crippen LogP contribution is 2.30. The lowest BCUT2D eigenvalue weighted by Crippen LogP contribution is -2.23. The van der Waals surface area contributed by atoms with Crippen LogP contribution in [-0.4, -0.2) is 38.2 Å². The standard InChI is InChI=1S/C17H18N4O4S2/c1-12-11-13(21(2)9-10-25-27(22,23)24)7-8-14(12)19-20-17-18-15-5-3-4-6-16(15)26-17/h3-8,11H,9-10H2,1-2H3,(H,22,23,24)/b20-19+. The molecule has 0 amide bonds. The van der Waals surface area contributed by atoms with Gasteiger partial charge < -0.3 is 4.90 Å². The van der Waals surface area contributed by atoms with Gasteiger partial charge in [0.05, 0.1) is 22.5 Å². The zero-order valence-corrected chi connectivity index (χ0v) is 16.4. The lowest BCUT2D eigenvalue weighted by atomic mass is 10.1. The van der Waals surface area contributed by atoms with Gasteiger partial charge in [-0.05, 0) is 42.8 Å². The van der Waals surface area contributed by atoms with Gasteiger partial charge in [-0.3, -0.25) is 4.55 Å². The van der Waals surface area contributed by atoms with Crippen LogP contribution in [0.2, 0.25) is 0 Å². The fourth-order valence-electron chi connectivity index (χ4n) is 2.40. The molecule has 0 aliphatic rings. The molecule has 0 spiro atoms. The number of anilines is 1. The van der Waals surface area contributed by atoms with Crippen LogP contribution >= 0.6 is 11.3 Å². The predicted molar refractivity (Wildman–Crippen MR) is 106 cm³/mol. The maximum atomic E-state index is 10.6. The molecular weight excluding hydrogens is 388 g/mol. The number of likely N-dealkylation sites (N-methyl/N-ethyl adjacent to an activating group) is 1. The van der Waals surface area contributed by atoms with Crippen LogP contribution in [0.5, 0.6) is 0 Å². The number of aryl methyl sites for hydroxylation is 1. The summed E-state index contributed by atoms with van der Waals surface area (Å²) in [5, 5.41) is 9.11. The largest absolute Gasteiger partial charge is 0.397 e. The average Bonchev–Trinajstić information content (AvgIpc) is 3.02. The number of azo groups is 1. The number of hydrogen-bond acceptors (Lipinski definition) is 8. The molecule has 1 heterocycles. The first-order chi connectivity index (χ1) is 12.8. The van der Waals surface area contributed by atoms with E-state index in [-0.39, 0.29) is 6.61 Å². The molecule has 0 radical (unpaired) electrons. The molecule has 1 aromatic heterocycles. The Kier molecular flexibility index (Phi) is 5.80. The Morgan fingerprint density at radius 1 is 1.22 bits per heavy atom. The second-order valence-corrected chi connectivity index (χ2v) is 7.91. The lowest BCUT2D eigenvalue weighted by molar-refractivity contribution is 0.274. The normalized spacial score (nSPS) is 12.1. The van der Waals surface area contributed by atoms with Crippen molar-refractivity contribution in [3.8, 4) is 0 Å². The molecule has 3 aromatic rings. The molecule has 0 saturated heterocycles. The van der Waals surface area contributed by atoms with E-state index >= 15 is 0 Å². The van der Waals surface area contributed by atoms with Crippen molar-refractivity contribution < 1.29 is 17.2 Å². The van der Waals surface area contributed by atoms with Gasteiger partial charge in [-0.25, -0.2) is 9.17 Å². The fraction of sp³-hybridized carbons (Fsp3) is 0.235. The van der Waals surface area contributed by atoms with Gasteiger partial charge in [0.15, 0.2) is 0 Å². The lowest BCUT2D eigenvalue weighted by Gasteiger charge is -2.19. The summed E-state index contributed by atoms with van der Waals surface area (Å²) in [4.78, 5) is 6.24. The first-order valence-electron chi connectivity index (χ1n) is 8.03. The van der Waals surface area contributed by atoms with E-state index in [2.05, 4.69) is 19.4 Å². The van der Waals surface area contributed by atoms with E-state index < -0.39 is 10.4 Å². The Balaban J connectivity index is 1.68. The monoisotopic (exact) mass is 406 g/mol. The highest BCUT2D eigenvalue weighted by Gasteiger charge is 2.08. The molecule has 10 heteroatoms. The minimum atomic E-state index is -4.42. The third-order valence-electron chi connectivity index (χ3n) is 3.81. The van der Waals surface area contributed by atoms with Gasteiger partial charge in [-0.2, -0.15) is 8.42 Å². The van der Waals surface area contributed by atoms with Gasteiger partial charge >= 0.3 is 10.4 Å². The number of rotatable bonds is 7. The van der Waals surface area contributed by atoms with Crippen LogP contribution < -0.4 is 4.90 Å². The molecule has 0 atom stereocenters. The van der Waals surface area contributed by atoms with Crippen LogP contribution in [0.15, 0.2) is 52.7 Å². The summed E-state index contributed by atoms with van der Waals surface area (Å²) in [6.07, 6.45) is 0. The third kappa shape index (κ3) is 5.30. The predicted octanol–water partition coefficient (Wildman–Crippen LogP) is 4.28. The van der Waals surface area contributed by atoms with Crippen molar-refractivity contribution in [2.75, 3.05) is 25.1 Å². The number of aromatic nitrogens is 1. The number of nitrogens with zero attached hydrogens (tertiary/aromatic N) is 4. The van der Waals surface area contributed by atoms with Crippen molar-refractivity contribution >= 4 is 48.5 Å². The van der Waals surface area contributed by atoms with Crippen LogP contribution in [0, 0.1) is 6.92 Å². The zero-order chi connectivity index (χ0) is 19.4. The Morgan fingerprint density at radius 3 is 2.70 bits per heavy atom. The number of benzene rings is 2. The molecule has 0 aliphatic heterocycles. The molecule has 2 aromatic carbocycles. The van der Waals surface area contributed by atoms with Gasteiger partial charge in [-0.1, -0.05) is 23.5 Å². The average molecular weight is 406 g/mol.